The zero-order valence-electron chi connectivity index (χ0n) is 18.7. The number of ether oxygens (including phenoxy) is 1. The summed E-state index contributed by atoms with van der Waals surface area (Å²) in [6, 6.07) is 19.3. The van der Waals surface area contributed by atoms with E-state index in [4.69, 9.17) is 9.72 Å². The van der Waals surface area contributed by atoms with Crippen molar-refractivity contribution in [1.82, 2.24) is 19.9 Å². The highest BCUT2D eigenvalue weighted by molar-refractivity contribution is 6.05. The smallest absolute Gasteiger partial charge is 0.256 e. The number of hydrogen-bond acceptors (Lipinski definition) is 6. The van der Waals surface area contributed by atoms with Gasteiger partial charge in [-0.25, -0.2) is 4.98 Å². The van der Waals surface area contributed by atoms with Crippen LogP contribution in [0.1, 0.15) is 33.5 Å². The summed E-state index contributed by atoms with van der Waals surface area (Å²) in [7, 11) is 0. The van der Waals surface area contributed by atoms with E-state index in [1.165, 1.54) is 0 Å². The fourth-order valence-electron chi connectivity index (χ4n) is 4.15. The highest BCUT2D eigenvalue weighted by Crippen LogP contribution is 2.27. The second kappa shape index (κ2) is 8.96. The van der Waals surface area contributed by atoms with Gasteiger partial charge in [-0.3, -0.25) is 14.8 Å². The zero-order chi connectivity index (χ0) is 22.8. The van der Waals surface area contributed by atoms with E-state index in [0.717, 1.165) is 39.5 Å². The molecule has 0 unspecified atom stereocenters. The number of rotatable bonds is 4. The first-order chi connectivity index (χ1) is 16.1. The molecule has 166 valence electrons. The van der Waals surface area contributed by atoms with Crippen molar-refractivity contribution in [2.75, 3.05) is 25.0 Å². The van der Waals surface area contributed by atoms with E-state index >= 15 is 0 Å². The molecule has 1 atom stereocenters. The number of aromatic nitrogens is 3. The molecule has 1 aromatic carbocycles. The molecule has 0 radical (unpaired) electrons. The van der Waals surface area contributed by atoms with Crippen LogP contribution in [0, 0.1) is 13.8 Å². The number of fused-ring (bicyclic) bond motifs is 1. The first kappa shape index (κ1) is 21.0. The van der Waals surface area contributed by atoms with Gasteiger partial charge in [0.25, 0.3) is 5.91 Å². The molecule has 1 N–H and O–H groups in total. The molecule has 5 rings (SSSR count). The molecule has 3 aromatic heterocycles. The fourth-order valence-corrected chi connectivity index (χ4v) is 4.15. The minimum atomic E-state index is -0.309. The predicted octanol–water partition coefficient (Wildman–Crippen LogP) is 4.60. The number of benzene rings is 1. The lowest BCUT2D eigenvalue weighted by molar-refractivity contribution is -0.0246. The maximum atomic E-state index is 13.4. The number of hydrogen-bond donors (Lipinski definition) is 1. The summed E-state index contributed by atoms with van der Waals surface area (Å²) in [5.74, 6) is 0.735. The largest absolute Gasteiger partial charge is 0.368 e. The number of carbonyl (C=O) groups excluding carboxylic acids is 1. The monoisotopic (exact) mass is 439 g/mol. The van der Waals surface area contributed by atoms with Crippen molar-refractivity contribution in [2.24, 2.45) is 0 Å². The minimum absolute atomic E-state index is 0.0393. The van der Waals surface area contributed by atoms with Crippen molar-refractivity contribution in [2.45, 2.75) is 20.0 Å². The third-order valence-corrected chi connectivity index (χ3v) is 5.68. The third-order valence-electron chi connectivity index (χ3n) is 5.68. The molecule has 33 heavy (non-hydrogen) atoms. The fraction of sp³-hybridized carbons (Fsp3) is 0.231. The van der Waals surface area contributed by atoms with Crippen LogP contribution >= 0.6 is 0 Å². The van der Waals surface area contributed by atoms with Gasteiger partial charge in [-0.05, 0) is 50.2 Å². The van der Waals surface area contributed by atoms with E-state index in [2.05, 4.69) is 15.3 Å². The van der Waals surface area contributed by atoms with Crippen LogP contribution in [0.25, 0.3) is 10.9 Å². The van der Waals surface area contributed by atoms with Crippen molar-refractivity contribution in [3.63, 3.8) is 0 Å². The van der Waals surface area contributed by atoms with Crippen molar-refractivity contribution < 1.29 is 9.53 Å². The number of carbonyl (C=O) groups is 1. The summed E-state index contributed by atoms with van der Waals surface area (Å²) in [6.45, 7) is 5.32. The van der Waals surface area contributed by atoms with Gasteiger partial charge in [0, 0.05) is 35.2 Å². The molecule has 4 aromatic rings. The molecule has 1 saturated heterocycles. The summed E-state index contributed by atoms with van der Waals surface area (Å²) in [4.78, 5) is 28.9. The van der Waals surface area contributed by atoms with Gasteiger partial charge < -0.3 is 15.0 Å². The van der Waals surface area contributed by atoms with Crippen LogP contribution in [0.5, 0.6) is 0 Å². The Morgan fingerprint density at radius 3 is 2.76 bits per heavy atom. The number of para-hydroxylation sites is 1. The van der Waals surface area contributed by atoms with Crippen molar-refractivity contribution in [1.29, 1.82) is 0 Å². The third kappa shape index (κ3) is 4.54. The summed E-state index contributed by atoms with van der Waals surface area (Å²) >= 11 is 0. The molecule has 1 amide bonds. The van der Waals surface area contributed by atoms with Gasteiger partial charge in [-0.1, -0.05) is 24.3 Å². The number of aryl methyl sites for hydroxylation is 2. The molecule has 1 aliphatic heterocycles. The van der Waals surface area contributed by atoms with Gasteiger partial charge in [0.15, 0.2) is 0 Å². The Bertz CT molecular complexity index is 1320. The van der Waals surface area contributed by atoms with Crippen LogP contribution < -0.4 is 5.32 Å². The van der Waals surface area contributed by atoms with Crippen LogP contribution in [0.15, 0.2) is 66.9 Å². The quantitative estimate of drug-likeness (QED) is 0.501. The number of amides is 1. The average molecular weight is 440 g/mol. The van der Waals surface area contributed by atoms with Gasteiger partial charge in [0.05, 0.1) is 29.9 Å². The SMILES string of the molecule is Cc1cccc(Nc2cc(C)nc([C@H]3CN(C(=O)c4cccc5cccnc45)CCO3)c2)n1. The first-order valence-corrected chi connectivity index (χ1v) is 11.0. The highest BCUT2D eigenvalue weighted by Gasteiger charge is 2.28. The Morgan fingerprint density at radius 2 is 1.88 bits per heavy atom. The van der Waals surface area contributed by atoms with Crippen molar-refractivity contribution in [3.05, 3.63) is 89.5 Å². The van der Waals surface area contributed by atoms with Crippen molar-refractivity contribution >= 4 is 28.3 Å². The summed E-state index contributed by atoms with van der Waals surface area (Å²) in [6.07, 6.45) is 1.41. The topological polar surface area (TPSA) is 80.2 Å². The Morgan fingerprint density at radius 1 is 1.03 bits per heavy atom. The molecule has 1 fully saturated rings. The number of morpholine rings is 1. The number of nitrogens with one attached hydrogen (secondary N) is 1. The predicted molar refractivity (Wildman–Crippen MR) is 128 cm³/mol. The maximum absolute atomic E-state index is 13.4. The van der Waals surface area contributed by atoms with E-state index < -0.39 is 0 Å². The van der Waals surface area contributed by atoms with Crippen LogP contribution in [0.2, 0.25) is 0 Å². The van der Waals surface area contributed by atoms with Crippen LogP contribution in [0.3, 0.4) is 0 Å². The second-order valence-electron chi connectivity index (χ2n) is 8.20. The summed E-state index contributed by atoms with van der Waals surface area (Å²) in [5, 5.41) is 4.30. The van der Waals surface area contributed by atoms with Gasteiger partial charge >= 0.3 is 0 Å². The molecule has 0 aliphatic carbocycles. The highest BCUT2D eigenvalue weighted by atomic mass is 16.5. The van der Waals surface area contributed by atoms with E-state index in [0.29, 0.717) is 25.3 Å². The van der Waals surface area contributed by atoms with E-state index in [9.17, 15) is 4.79 Å². The number of pyridine rings is 3. The minimum Gasteiger partial charge on any atom is -0.368 e. The molecule has 0 spiro atoms. The van der Waals surface area contributed by atoms with Gasteiger partial charge in [0.1, 0.15) is 11.9 Å². The summed E-state index contributed by atoms with van der Waals surface area (Å²) < 4.78 is 6.03. The van der Waals surface area contributed by atoms with Crippen LogP contribution in [-0.4, -0.2) is 45.5 Å². The lowest BCUT2D eigenvalue weighted by Gasteiger charge is -2.33. The van der Waals surface area contributed by atoms with Gasteiger partial charge in [0.2, 0.25) is 0 Å². The zero-order valence-corrected chi connectivity index (χ0v) is 18.7. The number of nitrogens with zero attached hydrogens (tertiary/aromatic N) is 4. The lowest BCUT2D eigenvalue weighted by Crippen LogP contribution is -2.42. The Labute approximate surface area is 192 Å². The lowest BCUT2D eigenvalue weighted by atomic mass is 10.1. The van der Waals surface area contributed by atoms with Crippen LogP contribution in [-0.2, 0) is 4.74 Å². The molecular weight excluding hydrogens is 414 g/mol. The Balaban J connectivity index is 1.38. The summed E-state index contributed by atoms with van der Waals surface area (Å²) in [5.41, 5.74) is 4.82. The number of anilines is 2. The van der Waals surface area contributed by atoms with E-state index in [1.54, 1.807) is 6.20 Å². The molecule has 1 aliphatic rings. The average Bonchev–Trinajstić information content (AvgIpc) is 2.83. The molecule has 7 nitrogen and oxygen atoms in total. The molecular formula is C26H25N5O2. The molecule has 0 saturated carbocycles. The Hall–Kier alpha value is -3.84. The molecule has 0 bridgehead atoms. The normalized spacial score (nSPS) is 16.1. The van der Waals surface area contributed by atoms with Gasteiger partial charge in [-0.2, -0.15) is 0 Å². The standard InChI is InChI=1S/C26H25N5O2/c1-17-6-3-10-24(29-17)30-20-14-18(2)28-22(15-20)23-16-31(12-13-33-23)26(32)21-9-4-7-19-8-5-11-27-25(19)21/h3-11,14-15,23H,12-13,16H2,1-2H3,(H,28,29,30)/t23-/m1/s1. The molecule has 7 heteroatoms. The van der Waals surface area contributed by atoms with Crippen molar-refractivity contribution in [3.8, 4) is 0 Å². The van der Waals surface area contributed by atoms with Gasteiger partial charge in [-0.15, -0.1) is 0 Å². The first-order valence-electron chi connectivity index (χ1n) is 11.0. The van der Waals surface area contributed by atoms with E-state index in [-0.39, 0.29) is 12.0 Å². The molecule has 4 heterocycles. The Kier molecular flexibility index (Phi) is 5.71. The van der Waals surface area contributed by atoms with Crippen LogP contribution in [0.4, 0.5) is 11.5 Å². The second-order valence-corrected chi connectivity index (χ2v) is 8.20. The maximum Gasteiger partial charge on any atom is 0.256 e. The van der Waals surface area contributed by atoms with E-state index in [1.807, 2.05) is 79.4 Å².